The Morgan fingerprint density at radius 3 is 2.69 bits per heavy atom. The molecule has 3 aromatic rings. The molecule has 1 aliphatic heterocycles. The molecule has 0 aliphatic carbocycles. The molecule has 1 heterocycles. The van der Waals surface area contributed by atoms with Crippen molar-refractivity contribution < 1.29 is 23.8 Å². The van der Waals surface area contributed by atoms with Gasteiger partial charge in [-0.1, -0.05) is 60.1 Å². The van der Waals surface area contributed by atoms with Crippen molar-refractivity contribution in [3.05, 3.63) is 94.5 Å². The van der Waals surface area contributed by atoms with Crippen molar-refractivity contribution >= 4 is 23.4 Å². The Morgan fingerprint density at radius 2 is 1.86 bits per heavy atom. The van der Waals surface area contributed by atoms with Crippen molar-refractivity contribution in [2.45, 2.75) is 44.1 Å². The van der Waals surface area contributed by atoms with Gasteiger partial charge in [0.2, 0.25) is 0 Å². The van der Waals surface area contributed by atoms with Crippen LogP contribution < -0.4 is 9.47 Å². The minimum absolute atomic E-state index is 0.0713. The van der Waals surface area contributed by atoms with Crippen LogP contribution in [0.3, 0.4) is 0 Å². The van der Waals surface area contributed by atoms with Crippen LogP contribution in [-0.2, 0) is 27.2 Å². The molecule has 35 heavy (non-hydrogen) atoms. The van der Waals surface area contributed by atoms with E-state index >= 15 is 0 Å². The maximum absolute atomic E-state index is 13.1. The van der Waals surface area contributed by atoms with E-state index in [-0.39, 0.29) is 24.1 Å². The van der Waals surface area contributed by atoms with Gasteiger partial charge in [-0.3, -0.25) is 9.59 Å². The third-order valence-electron chi connectivity index (χ3n) is 6.27. The molecular weight excluding hydrogens is 464 g/mol. The standard InChI is InChI=1S/C29H29ClO5/c1-33-29(32)19-22-8-2-4-11-26(22)34-16-15-28-25(31)14-13-21(17-20-7-6-9-23(30)18-20)24-10-3-5-12-27(24)35-28/h2-12,18,21,28H,13-17,19H2,1H3. The zero-order chi connectivity index (χ0) is 24.6. The van der Waals surface area contributed by atoms with Crippen LogP contribution in [0.4, 0.5) is 0 Å². The number of benzene rings is 3. The topological polar surface area (TPSA) is 61.8 Å². The van der Waals surface area contributed by atoms with Crippen LogP contribution >= 0.6 is 11.6 Å². The molecule has 5 nitrogen and oxygen atoms in total. The van der Waals surface area contributed by atoms with E-state index in [2.05, 4.69) is 12.1 Å². The largest absolute Gasteiger partial charge is 0.493 e. The van der Waals surface area contributed by atoms with Crippen LogP contribution in [0.1, 0.15) is 41.9 Å². The fraction of sp³-hybridized carbons (Fsp3) is 0.310. The second-order valence-electron chi connectivity index (χ2n) is 8.68. The van der Waals surface area contributed by atoms with Crippen LogP contribution in [0.15, 0.2) is 72.8 Å². The Morgan fingerprint density at radius 1 is 1.06 bits per heavy atom. The monoisotopic (exact) mass is 492 g/mol. The molecule has 0 fully saturated rings. The lowest BCUT2D eigenvalue weighted by Gasteiger charge is -2.27. The van der Waals surface area contributed by atoms with Gasteiger partial charge >= 0.3 is 5.97 Å². The number of ketones is 1. The van der Waals surface area contributed by atoms with E-state index in [0.717, 1.165) is 35.3 Å². The van der Waals surface area contributed by atoms with Gasteiger partial charge in [0.05, 0.1) is 20.1 Å². The molecule has 0 saturated heterocycles. The third kappa shape index (κ3) is 6.64. The number of hydrogen-bond donors (Lipinski definition) is 0. The lowest BCUT2D eigenvalue weighted by molar-refractivity contribution is -0.139. The summed E-state index contributed by atoms with van der Waals surface area (Å²) in [7, 11) is 1.36. The molecule has 0 radical (unpaired) electrons. The van der Waals surface area contributed by atoms with Gasteiger partial charge in [-0.2, -0.15) is 0 Å². The first-order chi connectivity index (χ1) is 17.0. The number of methoxy groups -OCH3 is 1. The Hall–Kier alpha value is -3.31. The number of esters is 1. The minimum atomic E-state index is -0.587. The predicted molar refractivity (Wildman–Crippen MR) is 135 cm³/mol. The SMILES string of the molecule is COC(=O)Cc1ccccc1OCCC1Oc2ccccc2C(Cc2cccc(Cl)c2)CCC1=O. The van der Waals surface area contributed by atoms with Crippen molar-refractivity contribution in [2.24, 2.45) is 0 Å². The number of carbonyl (C=O) groups is 2. The molecule has 0 aromatic heterocycles. The number of carbonyl (C=O) groups excluding carboxylic acids is 2. The Kier molecular flexibility index (Phi) is 8.43. The highest BCUT2D eigenvalue weighted by Crippen LogP contribution is 2.36. The molecule has 0 spiro atoms. The molecule has 1 aliphatic rings. The van der Waals surface area contributed by atoms with Crippen molar-refractivity contribution in [3.63, 3.8) is 0 Å². The Labute approximate surface area is 211 Å². The minimum Gasteiger partial charge on any atom is -0.493 e. The summed E-state index contributed by atoms with van der Waals surface area (Å²) in [5.41, 5.74) is 2.99. The Bertz CT molecular complexity index is 1170. The van der Waals surface area contributed by atoms with Gasteiger partial charge in [-0.05, 0) is 54.2 Å². The summed E-state index contributed by atoms with van der Waals surface area (Å²) >= 11 is 6.18. The molecule has 0 amide bonds. The molecular formula is C29H29ClO5. The fourth-order valence-corrected chi connectivity index (χ4v) is 4.66. The number of ether oxygens (including phenoxy) is 3. The number of hydrogen-bond acceptors (Lipinski definition) is 5. The van der Waals surface area contributed by atoms with E-state index in [0.29, 0.717) is 30.2 Å². The summed E-state index contributed by atoms with van der Waals surface area (Å²) in [5.74, 6) is 1.25. The first-order valence-electron chi connectivity index (χ1n) is 11.8. The van der Waals surface area contributed by atoms with Gasteiger partial charge in [-0.25, -0.2) is 0 Å². The summed E-state index contributed by atoms with van der Waals surface area (Å²) in [6.45, 7) is 0.294. The van der Waals surface area contributed by atoms with E-state index in [1.54, 1.807) is 0 Å². The predicted octanol–water partition coefficient (Wildman–Crippen LogP) is 5.96. The summed E-state index contributed by atoms with van der Waals surface area (Å²) in [4.78, 5) is 24.8. The molecule has 0 N–H and O–H groups in total. The summed E-state index contributed by atoms with van der Waals surface area (Å²) in [5, 5.41) is 0.710. The normalized spacial score (nSPS) is 17.5. The van der Waals surface area contributed by atoms with Crippen LogP contribution in [0.2, 0.25) is 5.02 Å². The van der Waals surface area contributed by atoms with Gasteiger partial charge in [0.25, 0.3) is 0 Å². The van der Waals surface area contributed by atoms with Gasteiger partial charge in [-0.15, -0.1) is 0 Å². The van der Waals surface area contributed by atoms with Crippen LogP contribution in [0.5, 0.6) is 11.5 Å². The van der Waals surface area contributed by atoms with Gasteiger partial charge in [0, 0.05) is 23.4 Å². The average molecular weight is 493 g/mol. The van der Waals surface area contributed by atoms with Gasteiger partial charge in [0.1, 0.15) is 11.5 Å². The summed E-state index contributed by atoms with van der Waals surface area (Å²) in [6.07, 6.45) is 1.93. The number of para-hydroxylation sites is 2. The highest BCUT2D eigenvalue weighted by Gasteiger charge is 2.28. The van der Waals surface area contributed by atoms with E-state index in [1.165, 1.54) is 7.11 Å². The first-order valence-corrected chi connectivity index (χ1v) is 12.2. The highest BCUT2D eigenvalue weighted by molar-refractivity contribution is 6.30. The van der Waals surface area contributed by atoms with Crippen molar-refractivity contribution in [2.75, 3.05) is 13.7 Å². The Balaban J connectivity index is 1.44. The highest BCUT2D eigenvalue weighted by atomic mass is 35.5. The molecule has 6 heteroatoms. The molecule has 4 rings (SSSR count). The molecule has 2 atom stereocenters. The summed E-state index contributed by atoms with van der Waals surface area (Å²) < 4.78 is 17.0. The summed E-state index contributed by atoms with van der Waals surface area (Å²) in [6, 6.07) is 23.2. The molecule has 3 aromatic carbocycles. The smallest absolute Gasteiger partial charge is 0.310 e. The van der Waals surface area contributed by atoms with Crippen molar-refractivity contribution in [1.29, 1.82) is 0 Å². The van der Waals surface area contributed by atoms with Gasteiger partial charge in [0.15, 0.2) is 11.9 Å². The number of halogens is 1. The van der Waals surface area contributed by atoms with Gasteiger partial charge < -0.3 is 14.2 Å². The van der Waals surface area contributed by atoms with E-state index < -0.39 is 6.10 Å². The number of fused-ring (bicyclic) bond motifs is 1. The van der Waals surface area contributed by atoms with E-state index in [4.69, 9.17) is 25.8 Å². The van der Waals surface area contributed by atoms with E-state index in [1.807, 2.05) is 60.7 Å². The van der Waals surface area contributed by atoms with Crippen molar-refractivity contribution in [1.82, 2.24) is 0 Å². The molecule has 2 unspecified atom stereocenters. The average Bonchev–Trinajstić information content (AvgIpc) is 2.86. The number of rotatable bonds is 8. The van der Waals surface area contributed by atoms with Crippen LogP contribution in [0.25, 0.3) is 0 Å². The van der Waals surface area contributed by atoms with Crippen LogP contribution in [-0.4, -0.2) is 31.6 Å². The fourth-order valence-electron chi connectivity index (χ4n) is 4.45. The van der Waals surface area contributed by atoms with Crippen molar-refractivity contribution in [3.8, 4) is 11.5 Å². The maximum atomic E-state index is 13.1. The second-order valence-corrected chi connectivity index (χ2v) is 9.11. The lowest BCUT2D eigenvalue weighted by atomic mass is 9.85. The molecule has 182 valence electrons. The van der Waals surface area contributed by atoms with Crippen LogP contribution in [0, 0.1) is 0 Å². The zero-order valence-electron chi connectivity index (χ0n) is 19.7. The number of Topliss-reactive ketones (excluding diaryl/α,β-unsaturated/α-hetero) is 1. The first kappa shape index (κ1) is 24.8. The second kappa shape index (κ2) is 11.9. The quantitative estimate of drug-likeness (QED) is 0.363. The third-order valence-corrected chi connectivity index (χ3v) is 6.51. The lowest BCUT2D eigenvalue weighted by Crippen LogP contribution is -2.32. The van der Waals surface area contributed by atoms with E-state index in [9.17, 15) is 9.59 Å². The molecule has 0 saturated carbocycles. The maximum Gasteiger partial charge on any atom is 0.310 e. The molecule has 0 bridgehead atoms. The zero-order valence-corrected chi connectivity index (χ0v) is 20.5.